The highest BCUT2D eigenvalue weighted by Crippen LogP contribution is 2.31. The third-order valence-corrected chi connectivity index (χ3v) is 4.63. The standard InChI is InChI=1S/C20H22N6/c1-13-11-18(21-2)26-20(23-13)25-17-10-6-9-16-15(17)12-22-19(24-16)14-7-4-3-5-8-14/h3-5,7-8,11-12,17H,6,9-10H2,1-2H3,(H2,21,23,25,26)/t17-/m1/s1. The maximum Gasteiger partial charge on any atom is 0.225 e. The highest BCUT2D eigenvalue weighted by atomic mass is 15.2. The second-order valence-corrected chi connectivity index (χ2v) is 6.52. The van der Waals surface area contributed by atoms with Crippen molar-refractivity contribution in [1.82, 2.24) is 19.9 Å². The van der Waals surface area contributed by atoms with E-state index in [0.717, 1.165) is 53.4 Å². The number of aromatic nitrogens is 4. The van der Waals surface area contributed by atoms with Gasteiger partial charge < -0.3 is 10.6 Å². The first-order valence-electron chi connectivity index (χ1n) is 8.94. The van der Waals surface area contributed by atoms with Crippen LogP contribution in [0.25, 0.3) is 11.4 Å². The van der Waals surface area contributed by atoms with Crippen molar-refractivity contribution in [3.63, 3.8) is 0 Å². The normalized spacial score (nSPS) is 16.0. The van der Waals surface area contributed by atoms with Crippen LogP contribution in [0.15, 0.2) is 42.6 Å². The molecule has 2 aromatic heterocycles. The molecule has 0 radical (unpaired) electrons. The van der Waals surface area contributed by atoms with E-state index in [4.69, 9.17) is 4.98 Å². The lowest BCUT2D eigenvalue weighted by Gasteiger charge is -2.25. The second-order valence-electron chi connectivity index (χ2n) is 6.52. The van der Waals surface area contributed by atoms with Crippen molar-refractivity contribution in [2.75, 3.05) is 17.7 Å². The van der Waals surface area contributed by atoms with Gasteiger partial charge in [-0.3, -0.25) is 0 Å². The van der Waals surface area contributed by atoms with Crippen molar-refractivity contribution in [3.05, 3.63) is 59.5 Å². The van der Waals surface area contributed by atoms with Crippen molar-refractivity contribution in [2.45, 2.75) is 32.2 Å². The molecule has 0 saturated carbocycles. The third-order valence-electron chi connectivity index (χ3n) is 4.63. The van der Waals surface area contributed by atoms with E-state index in [-0.39, 0.29) is 6.04 Å². The van der Waals surface area contributed by atoms with E-state index in [1.165, 1.54) is 0 Å². The zero-order valence-corrected chi connectivity index (χ0v) is 15.0. The summed E-state index contributed by atoms with van der Waals surface area (Å²) in [5, 5.41) is 6.54. The molecule has 0 unspecified atom stereocenters. The molecule has 0 fully saturated rings. The first kappa shape index (κ1) is 16.4. The van der Waals surface area contributed by atoms with E-state index >= 15 is 0 Å². The van der Waals surface area contributed by atoms with Crippen molar-refractivity contribution < 1.29 is 0 Å². The van der Waals surface area contributed by atoms with Gasteiger partial charge in [0.15, 0.2) is 5.82 Å². The van der Waals surface area contributed by atoms with E-state index < -0.39 is 0 Å². The van der Waals surface area contributed by atoms with Crippen LogP contribution in [0.2, 0.25) is 0 Å². The molecule has 0 spiro atoms. The minimum absolute atomic E-state index is 0.134. The fourth-order valence-corrected chi connectivity index (χ4v) is 3.34. The lowest BCUT2D eigenvalue weighted by molar-refractivity contribution is 0.581. The van der Waals surface area contributed by atoms with Gasteiger partial charge in [-0.15, -0.1) is 0 Å². The molecule has 1 aromatic carbocycles. The van der Waals surface area contributed by atoms with Crippen LogP contribution in [0.3, 0.4) is 0 Å². The zero-order chi connectivity index (χ0) is 17.9. The molecular weight excluding hydrogens is 324 g/mol. The predicted molar refractivity (Wildman–Crippen MR) is 103 cm³/mol. The van der Waals surface area contributed by atoms with E-state index in [9.17, 15) is 0 Å². The van der Waals surface area contributed by atoms with Crippen LogP contribution < -0.4 is 10.6 Å². The Bertz CT molecular complexity index is 909. The van der Waals surface area contributed by atoms with Crippen molar-refractivity contribution in [3.8, 4) is 11.4 Å². The highest BCUT2D eigenvalue weighted by Gasteiger charge is 2.23. The summed E-state index contributed by atoms with van der Waals surface area (Å²) in [6, 6.07) is 12.2. The molecule has 4 rings (SSSR count). The molecule has 6 heteroatoms. The fourth-order valence-electron chi connectivity index (χ4n) is 3.34. The first-order valence-corrected chi connectivity index (χ1v) is 8.94. The zero-order valence-electron chi connectivity index (χ0n) is 15.0. The van der Waals surface area contributed by atoms with E-state index in [1.54, 1.807) is 0 Å². The summed E-state index contributed by atoms with van der Waals surface area (Å²) in [6.45, 7) is 1.97. The van der Waals surface area contributed by atoms with Gasteiger partial charge in [-0.25, -0.2) is 15.0 Å². The number of anilines is 2. The second kappa shape index (κ2) is 7.07. The Morgan fingerprint density at radius 3 is 2.73 bits per heavy atom. The van der Waals surface area contributed by atoms with Gasteiger partial charge in [0.25, 0.3) is 0 Å². The number of benzene rings is 1. The molecule has 6 nitrogen and oxygen atoms in total. The summed E-state index contributed by atoms with van der Waals surface area (Å²) in [5.74, 6) is 2.24. The molecule has 1 aliphatic carbocycles. The number of nitrogens with zero attached hydrogens (tertiary/aromatic N) is 4. The molecular formula is C20H22N6. The Labute approximate surface area is 153 Å². The summed E-state index contributed by atoms with van der Waals surface area (Å²) in [7, 11) is 1.86. The van der Waals surface area contributed by atoms with Crippen LogP contribution in [0.1, 0.15) is 35.8 Å². The van der Waals surface area contributed by atoms with Crippen LogP contribution >= 0.6 is 0 Å². The lowest BCUT2D eigenvalue weighted by Crippen LogP contribution is -2.20. The summed E-state index contributed by atoms with van der Waals surface area (Å²) in [4.78, 5) is 18.4. The summed E-state index contributed by atoms with van der Waals surface area (Å²) in [6.07, 6.45) is 5.04. The number of rotatable bonds is 4. The first-order chi connectivity index (χ1) is 12.7. The van der Waals surface area contributed by atoms with Gasteiger partial charge in [0.1, 0.15) is 5.82 Å². The molecule has 1 atom stereocenters. The Morgan fingerprint density at radius 2 is 1.92 bits per heavy atom. The Hall–Kier alpha value is -3.02. The van der Waals surface area contributed by atoms with Crippen molar-refractivity contribution in [1.29, 1.82) is 0 Å². The molecule has 132 valence electrons. The molecule has 2 heterocycles. The third kappa shape index (κ3) is 3.35. The molecule has 3 aromatic rings. The van der Waals surface area contributed by atoms with E-state index in [1.807, 2.05) is 56.6 Å². The molecule has 0 saturated heterocycles. The number of fused-ring (bicyclic) bond motifs is 1. The minimum atomic E-state index is 0.134. The van der Waals surface area contributed by atoms with Gasteiger partial charge in [0, 0.05) is 41.8 Å². The van der Waals surface area contributed by atoms with Crippen LogP contribution in [-0.4, -0.2) is 27.0 Å². The van der Waals surface area contributed by atoms with Crippen LogP contribution in [0.5, 0.6) is 0 Å². The van der Waals surface area contributed by atoms with Crippen LogP contribution in [0, 0.1) is 6.92 Å². The van der Waals surface area contributed by atoms with Gasteiger partial charge in [-0.05, 0) is 26.2 Å². The topological polar surface area (TPSA) is 75.6 Å². The lowest BCUT2D eigenvalue weighted by atomic mass is 9.92. The van der Waals surface area contributed by atoms with Gasteiger partial charge in [-0.2, -0.15) is 4.98 Å². The molecule has 0 bridgehead atoms. The van der Waals surface area contributed by atoms with Gasteiger partial charge in [0.05, 0.1) is 6.04 Å². The number of nitrogens with one attached hydrogen (secondary N) is 2. The Morgan fingerprint density at radius 1 is 1.08 bits per heavy atom. The number of aryl methyl sites for hydroxylation is 2. The Balaban J connectivity index is 1.62. The van der Waals surface area contributed by atoms with Crippen molar-refractivity contribution in [2.24, 2.45) is 0 Å². The van der Waals surface area contributed by atoms with Gasteiger partial charge >= 0.3 is 0 Å². The molecule has 0 amide bonds. The largest absolute Gasteiger partial charge is 0.373 e. The maximum atomic E-state index is 4.82. The van der Waals surface area contributed by atoms with E-state index in [2.05, 4.69) is 25.6 Å². The van der Waals surface area contributed by atoms with Gasteiger partial charge in [0.2, 0.25) is 5.95 Å². The monoisotopic (exact) mass is 346 g/mol. The Kier molecular flexibility index (Phi) is 4.48. The fraction of sp³-hybridized carbons (Fsp3) is 0.300. The molecule has 2 N–H and O–H groups in total. The maximum absolute atomic E-state index is 4.82. The SMILES string of the molecule is CNc1cc(C)nc(N[C@@H]2CCCc3nc(-c4ccccc4)ncc32)n1. The highest BCUT2D eigenvalue weighted by molar-refractivity contribution is 5.55. The summed E-state index contributed by atoms with van der Waals surface area (Å²) >= 11 is 0. The quantitative estimate of drug-likeness (QED) is 0.749. The summed E-state index contributed by atoms with van der Waals surface area (Å²) in [5.41, 5.74) is 4.24. The average molecular weight is 346 g/mol. The van der Waals surface area contributed by atoms with Crippen LogP contribution in [0.4, 0.5) is 11.8 Å². The van der Waals surface area contributed by atoms with Gasteiger partial charge in [-0.1, -0.05) is 30.3 Å². The van der Waals surface area contributed by atoms with Crippen LogP contribution in [-0.2, 0) is 6.42 Å². The van der Waals surface area contributed by atoms with Crippen molar-refractivity contribution >= 4 is 11.8 Å². The van der Waals surface area contributed by atoms with E-state index in [0.29, 0.717) is 5.95 Å². The average Bonchev–Trinajstić information content (AvgIpc) is 2.68. The molecule has 1 aliphatic rings. The number of hydrogen-bond donors (Lipinski definition) is 2. The smallest absolute Gasteiger partial charge is 0.225 e. The predicted octanol–water partition coefficient (Wildman–Crippen LogP) is 3.77. The molecule has 0 aliphatic heterocycles. The minimum Gasteiger partial charge on any atom is -0.373 e. The summed E-state index contributed by atoms with van der Waals surface area (Å²) < 4.78 is 0. The molecule has 26 heavy (non-hydrogen) atoms. The number of hydrogen-bond acceptors (Lipinski definition) is 6.